The van der Waals surface area contributed by atoms with E-state index in [1.807, 2.05) is 27.3 Å². The number of rotatable bonds is 4. The molecule has 0 spiro atoms. The van der Waals surface area contributed by atoms with E-state index >= 15 is 0 Å². The van der Waals surface area contributed by atoms with Crippen molar-refractivity contribution in [2.75, 3.05) is 45.8 Å². The number of aliphatic hydroxyl groups excluding tert-OH is 1. The van der Waals surface area contributed by atoms with Gasteiger partial charge >= 0.3 is 0 Å². The highest BCUT2D eigenvalue weighted by molar-refractivity contribution is 7.10. The molecule has 2 aliphatic rings. The summed E-state index contributed by atoms with van der Waals surface area (Å²) in [6.07, 6.45) is 1.49. The Balaban J connectivity index is 1.49. The van der Waals surface area contributed by atoms with Crippen molar-refractivity contribution >= 4 is 17.2 Å². The standard InChI is InChI=1S/C17H24N4O2S/c18-11-15(16-4-2-10-24-16)20-6-8-21(9-7-20)17(23)13-19-5-1-3-14(22)12-19/h2,4,10,14-15,22H,1,3,5-9,12-13H2. The summed E-state index contributed by atoms with van der Waals surface area (Å²) in [4.78, 5) is 19.6. The van der Waals surface area contributed by atoms with Crippen LogP contribution >= 0.6 is 11.3 Å². The number of nitriles is 1. The van der Waals surface area contributed by atoms with E-state index in [0.717, 1.165) is 37.4 Å². The summed E-state index contributed by atoms with van der Waals surface area (Å²) in [7, 11) is 0. The van der Waals surface area contributed by atoms with Crippen LogP contribution in [-0.2, 0) is 4.79 Å². The van der Waals surface area contributed by atoms with Gasteiger partial charge in [-0.25, -0.2) is 0 Å². The second kappa shape index (κ2) is 8.08. The molecule has 2 atom stereocenters. The number of carbonyl (C=O) groups excluding carboxylic acids is 1. The van der Waals surface area contributed by atoms with E-state index in [0.29, 0.717) is 26.2 Å². The number of piperidine rings is 1. The van der Waals surface area contributed by atoms with Gasteiger partial charge in [0.15, 0.2) is 0 Å². The highest BCUT2D eigenvalue weighted by atomic mass is 32.1. The molecule has 6 nitrogen and oxygen atoms in total. The van der Waals surface area contributed by atoms with Crippen LogP contribution in [0.2, 0.25) is 0 Å². The quantitative estimate of drug-likeness (QED) is 0.876. The van der Waals surface area contributed by atoms with Gasteiger partial charge in [0, 0.05) is 37.6 Å². The lowest BCUT2D eigenvalue weighted by molar-refractivity contribution is -0.135. The normalized spacial score (nSPS) is 24.5. The topological polar surface area (TPSA) is 70.8 Å². The predicted octanol–water partition coefficient (Wildman–Crippen LogP) is 0.914. The van der Waals surface area contributed by atoms with Crippen LogP contribution in [0.5, 0.6) is 0 Å². The average Bonchev–Trinajstić information content (AvgIpc) is 3.10. The van der Waals surface area contributed by atoms with E-state index < -0.39 is 0 Å². The molecule has 1 aromatic heterocycles. The number of thiophene rings is 1. The van der Waals surface area contributed by atoms with Crippen molar-refractivity contribution in [3.8, 4) is 6.07 Å². The average molecular weight is 348 g/mol. The number of aliphatic hydroxyl groups is 1. The van der Waals surface area contributed by atoms with Crippen LogP contribution in [0.3, 0.4) is 0 Å². The van der Waals surface area contributed by atoms with E-state index in [-0.39, 0.29) is 18.1 Å². The Bertz CT molecular complexity index is 578. The molecule has 0 bridgehead atoms. The largest absolute Gasteiger partial charge is 0.392 e. The first kappa shape index (κ1) is 17.4. The lowest BCUT2D eigenvalue weighted by Crippen LogP contribution is -2.52. The molecule has 1 N–H and O–H groups in total. The van der Waals surface area contributed by atoms with Crippen LogP contribution in [0, 0.1) is 11.3 Å². The van der Waals surface area contributed by atoms with Gasteiger partial charge in [-0.3, -0.25) is 14.6 Å². The number of amides is 1. The van der Waals surface area contributed by atoms with Crippen molar-refractivity contribution in [3.05, 3.63) is 22.4 Å². The fourth-order valence-corrected chi connectivity index (χ4v) is 4.27. The predicted molar refractivity (Wildman–Crippen MR) is 92.5 cm³/mol. The molecular weight excluding hydrogens is 324 g/mol. The summed E-state index contributed by atoms with van der Waals surface area (Å²) >= 11 is 1.60. The molecule has 24 heavy (non-hydrogen) atoms. The van der Waals surface area contributed by atoms with Crippen molar-refractivity contribution in [1.82, 2.24) is 14.7 Å². The third-order valence-electron chi connectivity index (χ3n) is 4.81. The summed E-state index contributed by atoms with van der Waals surface area (Å²) in [5.41, 5.74) is 0. The molecule has 7 heteroatoms. The lowest BCUT2D eigenvalue weighted by Gasteiger charge is -2.38. The minimum Gasteiger partial charge on any atom is -0.392 e. The zero-order chi connectivity index (χ0) is 16.9. The molecule has 2 saturated heterocycles. The minimum atomic E-state index is -0.300. The number of likely N-dealkylation sites (tertiary alicyclic amines) is 1. The Morgan fingerprint density at radius 3 is 2.79 bits per heavy atom. The van der Waals surface area contributed by atoms with E-state index in [2.05, 4.69) is 11.0 Å². The number of nitrogens with zero attached hydrogens (tertiary/aromatic N) is 4. The van der Waals surface area contributed by atoms with Crippen molar-refractivity contribution in [1.29, 1.82) is 5.26 Å². The fraction of sp³-hybridized carbons (Fsp3) is 0.647. The number of β-amino-alcohol motifs (C(OH)–C–C–N with tert-alkyl or cyclic N) is 1. The maximum atomic E-state index is 12.5. The van der Waals surface area contributed by atoms with Crippen LogP contribution in [0.1, 0.15) is 23.8 Å². The van der Waals surface area contributed by atoms with E-state index in [1.165, 1.54) is 0 Å². The van der Waals surface area contributed by atoms with Crippen LogP contribution in [0.4, 0.5) is 0 Å². The summed E-state index contributed by atoms with van der Waals surface area (Å²) in [6.45, 7) is 4.66. The monoisotopic (exact) mass is 348 g/mol. The minimum absolute atomic E-state index is 0.133. The van der Waals surface area contributed by atoms with Gasteiger partial charge in [-0.15, -0.1) is 11.3 Å². The van der Waals surface area contributed by atoms with Gasteiger partial charge in [0.05, 0.1) is 18.7 Å². The zero-order valence-electron chi connectivity index (χ0n) is 13.8. The van der Waals surface area contributed by atoms with Gasteiger partial charge < -0.3 is 10.0 Å². The molecule has 2 fully saturated rings. The number of piperazine rings is 1. The molecule has 2 unspecified atom stereocenters. The zero-order valence-corrected chi connectivity index (χ0v) is 14.6. The second-order valence-corrected chi connectivity index (χ2v) is 7.47. The molecule has 0 aromatic carbocycles. The van der Waals surface area contributed by atoms with Crippen molar-refractivity contribution < 1.29 is 9.90 Å². The van der Waals surface area contributed by atoms with Crippen molar-refractivity contribution in [3.63, 3.8) is 0 Å². The first-order valence-electron chi connectivity index (χ1n) is 8.52. The third kappa shape index (κ3) is 4.14. The number of hydrogen-bond acceptors (Lipinski definition) is 6. The summed E-state index contributed by atoms with van der Waals surface area (Å²) in [6, 6.07) is 6.14. The molecule has 1 aromatic rings. The Hall–Kier alpha value is -1.46. The van der Waals surface area contributed by atoms with Gasteiger partial charge in [0.25, 0.3) is 0 Å². The third-order valence-corrected chi connectivity index (χ3v) is 5.73. The van der Waals surface area contributed by atoms with Gasteiger partial charge in [-0.2, -0.15) is 5.26 Å². The maximum Gasteiger partial charge on any atom is 0.236 e. The maximum absolute atomic E-state index is 12.5. The fourth-order valence-electron chi connectivity index (χ4n) is 3.47. The first-order chi connectivity index (χ1) is 11.7. The van der Waals surface area contributed by atoms with Gasteiger partial charge in [-0.1, -0.05) is 6.07 Å². The SMILES string of the molecule is N#CC(c1cccs1)N1CCN(C(=O)CN2CCCC(O)C2)CC1. The second-order valence-electron chi connectivity index (χ2n) is 6.49. The molecule has 0 radical (unpaired) electrons. The van der Waals surface area contributed by atoms with E-state index in [1.54, 1.807) is 11.3 Å². The Morgan fingerprint density at radius 1 is 1.38 bits per heavy atom. The van der Waals surface area contributed by atoms with E-state index in [4.69, 9.17) is 0 Å². The summed E-state index contributed by atoms with van der Waals surface area (Å²) in [5, 5.41) is 21.2. The van der Waals surface area contributed by atoms with Crippen LogP contribution in [0.25, 0.3) is 0 Å². The van der Waals surface area contributed by atoms with Crippen LogP contribution < -0.4 is 0 Å². The molecule has 0 aliphatic carbocycles. The molecule has 3 rings (SSSR count). The molecule has 130 valence electrons. The van der Waals surface area contributed by atoms with Gasteiger partial charge in [-0.05, 0) is 30.8 Å². The Morgan fingerprint density at radius 2 is 2.17 bits per heavy atom. The smallest absolute Gasteiger partial charge is 0.236 e. The molecule has 1 amide bonds. The molecule has 3 heterocycles. The van der Waals surface area contributed by atoms with Crippen molar-refractivity contribution in [2.45, 2.75) is 25.0 Å². The number of carbonyl (C=O) groups is 1. The first-order valence-corrected chi connectivity index (χ1v) is 9.40. The van der Waals surface area contributed by atoms with Gasteiger partial charge in [0.1, 0.15) is 6.04 Å². The molecular formula is C17H24N4O2S. The van der Waals surface area contributed by atoms with Gasteiger partial charge in [0.2, 0.25) is 5.91 Å². The summed E-state index contributed by atoms with van der Waals surface area (Å²) in [5.74, 6) is 0.133. The van der Waals surface area contributed by atoms with Crippen LogP contribution in [0.15, 0.2) is 17.5 Å². The van der Waals surface area contributed by atoms with E-state index in [9.17, 15) is 15.2 Å². The highest BCUT2D eigenvalue weighted by Gasteiger charge is 2.29. The summed E-state index contributed by atoms with van der Waals surface area (Å²) < 4.78 is 0. The highest BCUT2D eigenvalue weighted by Crippen LogP contribution is 2.25. The number of hydrogen-bond donors (Lipinski definition) is 1. The molecule has 2 aliphatic heterocycles. The lowest BCUT2D eigenvalue weighted by atomic mass is 10.1. The van der Waals surface area contributed by atoms with Crippen LogP contribution in [-0.4, -0.2) is 77.6 Å². The Labute approximate surface area is 146 Å². The van der Waals surface area contributed by atoms with Crippen molar-refractivity contribution in [2.24, 2.45) is 0 Å². The molecule has 0 saturated carbocycles. The Kier molecular flexibility index (Phi) is 5.85.